The summed E-state index contributed by atoms with van der Waals surface area (Å²) in [6.07, 6.45) is -0.513. The summed E-state index contributed by atoms with van der Waals surface area (Å²) in [5, 5.41) is 2.87. The molecule has 3 rings (SSSR count). The van der Waals surface area contributed by atoms with Gasteiger partial charge in [0.25, 0.3) is 0 Å². The van der Waals surface area contributed by atoms with E-state index in [9.17, 15) is 19.2 Å². The van der Waals surface area contributed by atoms with Crippen LogP contribution in [0.3, 0.4) is 0 Å². The molecule has 1 unspecified atom stereocenters. The maximum atomic E-state index is 13.5. The van der Waals surface area contributed by atoms with E-state index in [1.54, 1.807) is 45.0 Å². The number of rotatable bonds is 7. The van der Waals surface area contributed by atoms with Crippen LogP contribution < -0.4 is 11.1 Å². The Morgan fingerprint density at radius 1 is 0.969 bits per heavy atom. The molecule has 3 N–H and O–H groups in total. The average Bonchev–Trinajstić information content (AvgIpc) is 3.00. The molecule has 1 aromatic rings. The van der Waals surface area contributed by atoms with Crippen molar-refractivity contribution < 1.29 is 38.1 Å². The fourth-order valence-electron chi connectivity index (χ4n) is 3.89. The fraction of sp³-hybridized carbons (Fsp3) is 0.364. The summed E-state index contributed by atoms with van der Waals surface area (Å²) in [5.41, 5.74) is 4.09. The van der Waals surface area contributed by atoms with Gasteiger partial charge in [0.2, 0.25) is 0 Å². The molecule has 0 fully saturated rings. The number of anilines is 1. The Balaban J connectivity index is 2.36. The lowest BCUT2D eigenvalue weighted by atomic mass is 9.66. The van der Waals surface area contributed by atoms with Gasteiger partial charge in [-0.15, -0.1) is 0 Å². The number of para-hydroxylation sites is 1. The number of cyclic esters (lactones) is 1. The molecule has 10 heteroatoms. The van der Waals surface area contributed by atoms with Crippen LogP contribution >= 0.6 is 0 Å². The lowest BCUT2D eigenvalue weighted by Gasteiger charge is -2.35. The summed E-state index contributed by atoms with van der Waals surface area (Å²) in [4.78, 5) is 51.9. The van der Waals surface area contributed by atoms with Crippen molar-refractivity contribution in [3.8, 4) is 0 Å². The van der Waals surface area contributed by atoms with Crippen LogP contribution in [0.15, 0.2) is 47.0 Å². The maximum Gasteiger partial charge on any atom is 0.339 e. The third-order valence-corrected chi connectivity index (χ3v) is 4.99. The maximum absolute atomic E-state index is 13.5. The molecule has 2 aliphatic heterocycles. The van der Waals surface area contributed by atoms with Crippen molar-refractivity contribution in [1.29, 1.82) is 0 Å². The molecule has 0 saturated carbocycles. The van der Waals surface area contributed by atoms with Gasteiger partial charge in [-0.3, -0.25) is 4.79 Å². The third kappa shape index (κ3) is 3.57. The average molecular weight is 444 g/mol. The molecule has 1 atom stereocenters. The van der Waals surface area contributed by atoms with Crippen molar-refractivity contribution in [2.24, 2.45) is 5.73 Å². The molecule has 1 aromatic carbocycles. The van der Waals surface area contributed by atoms with Gasteiger partial charge in [-0.05, 0) is 26.8 Å². The minimum atomic E-state index is -2.08. The lowest BCUT2D eigenvalue weighted by molar-refractivity contribution is -0.148. The molecule has 32 heavy (non-hydrogen) atoms. The molecule has 0 aliphatic carbocycles. The summed E-state index contributed by atoms with van der Waals surface area (Å²) >= 11 is 0. The van der Waals surface area contributed by atoms with Gasteiger partial charge in [-0.1, -0.05) is 18.2 Å². The standard InChI is InChI=1S/C22H24N2O8/c1-4-29-15(25)11-14-16(19(26)30-5-2)22(21(28)32-14)12-9-7-8-10-13(12)24-18(23)17(22)20(27)31-6-3/h7-10,24H,4-6,11,23H2,1-3H3. The van der Waals surface area contributed by atoms with E-state index in [0.29, 0.717) is 5.69 Å². The molecular formula is C22H24N2O8. The number of nitrogens with one attached hydrogen (secondary N) is 1. The Bertz CT molecular complexity index is 1040. The van der Waals surface area contributed by atoms with Gasteiger partial charge in [0, 0.05) is 11.3 Å². The van der Waals surface area contributed by atoms with Gasteiger partial charge in [0.05, 0.1) is 19.8 Å². The zero-order chi connectivity index (χ0) is 23.5. The van der Waals surface area contributed by atoms with Crippen LogP contribution in [0, 0.1) is 0 Å². The van der Waals surface area contributed by atoms with Gasteiger partial charge >= 0.3 is 23.9 Å². The summed E-state index contributed by atoms with van der Waals surface area (Å²) in [5.74, 6) is -3.98. The number of fused-ring (bicyclic) bond motifs is 2. The molecule has 2 aliphatic rings. The zero-order valence-electron chi connectivity index (χ0n) is 18.0. The first kappa shape index (κ1) is 22.9. The van der Waals surface area contributed by atoms with E-state index in [4.69, 9.17) is 24.7 Å². The molecular weight excluding hydrogens is 420 g/mol. The van der Waals surface area contributed by atoms with Crippen LogP contribution in [0.1, 0.15) is 32.8 Å². The predicted molar refractivity (Wildman–Crippen MR) is 111 cm³/mol. The molecule has 170 valence electrons. The second kappa shape index (κ2) is 9.13. The molecule has 0 bridgehead atoms. The van der Waals surface area contributed by atoms with E-state index in [0.717, 1.165) is 0 Å². The molecule has 2 heterocycles. The number of ether oxygens (including phenoxy) is 4. The number of carbonyl (C=O) groups excluding carboxylic acids is 4. The topological polar surface area (TPSA) is 143 Å². The Morgan fingerprint density at radius 3 is 2.19 bits per heavy atom. The van der Waals surface area contributed by atoms with Crippen molar-refractivity contribution in [3.63, 3.8) is 0 Å². The number of hydrogen-bond donors (Lipinski definition) is 2. The second-order valence-corrected chi connectivity index (χ2v) is 6.82. The van der Waals surface area contributed by atoms with E-state index in [2.05, 4.69) is 5.32 Å². The van der Waals surface area contributed by atoms with Gasteiger partial charge in [0.15, 0.2) is 5.41 Å². The normalized spacial score (nSPS) is 19.3. The zero-order valence-corrected chi connectivity index (χ0v) is 18.0. The highest BCUT2D eigenvalue weighted by Gasteiger charge is 2.63. The number of nitrogens with two attached hydrogens (primary N) is 1. The number of esters is 4. The van der Waals surface area contributed by atoms with Crippen molar-refractivity contribution in [1.82, 2.24) is 0 Å². The van der Waals surface area contributed by atoms with Crippen molar-refractivity contribution >= 4 is 29.6 Å². The highest BCUT2D eigenvalue weighted by Crippen LogP contribution is 2.53. The largest absolute Gasteiger partial charge is 0.466 e. The summed E-state index contributed by atoms with van der Waals surface area (Å²) in [7, 11) is 0. The van der Waals surface area contributed by atoms with E-state index >= 15 is 0 Å². The SMILES string of the molecule is CCOC(=O)CC1=C(C(=O)OCC)C2(C(=O)O1)C(C(=O)OCC)=C(N)Nc1ccccc12. The Labute approximate surface area is 184 Å². The van der Waals surface area contributed by atoms with Gasteiger partial charge < -0.3 is 30.0 Å². The van der Waals surface area contributed by atoms with Crippen LogP contribution in [0.5, 0.6) is 0 Å². The number of carbonyl (C=O) groups is 4. The molecule has 10 nitrogen and oxygen atoms in total. The first-order valence-corrected chi connectivity index (χ1v) is 10.1. The second-order valence-electron chi connectivity index (χ2n) is 6.82. The first-order valence-electron chi connectivity index (χ1n) is 10.1. The minimum absolute atomic E-state index is 0.00345. The minimum Gasteiger partial charge on any atom is -0.466 e. The van der Waals surface area contributed by atoms with E-state index < -0.39 is 35.7 Å². The molecule has 0 radical (unpaired) electrons. The lowest BCUT2D eigenvalue weighted by Crippen LogP contribution is -2.47. The van der Waals surface area contributed by atoms with Crippen LogP contribution in [0.4, 0.5) is 5.69 Å². The smallest absolute Gasteiger partial charge is 0.339 e. The van der Waals surface area contributed by atoms with E-state index in [-0.39, 0.29) is 48.1 Å². The Kier molecular flexibility index (Phi) is 6.52. The van der Waals surface area contributed by atoms with Crippen LogP contribution in [0.25, 0.3) is 0 Å². The molecule has 0 saturated heterocycles. The summed E-state index contributed by atoms with van der Waals surface area (Å²) in [6, 6.07) is 6.51. The van der Waals surface area contributed by atoms with Gasteiger partial charge in [0.1, 0.15) is 29.1 Å². The first-order chi connectivity index (χ1) is 15.3. The summed E-state index contributed by atoms with van der Waals surface area (Å²) < 4.78 is 20.7. The monoisotopic (exact) mass is 444 g/mol. The van der Waals surface area contributed by atoms with Crippen LogP contribution in [0.2, 0.25) is 0 Å². The highest BCUT2D eigenvalue weighted by molar-refractivity contribution is 6.16. The molecule has 0 amide bonds. The van der Waals surface area contributed by atoms with Crippen molar-refractivity contribution in [2.45, 2.75) is 32.6 Å². The third-order valence-electron chi connectivity index (χ3n) is 4.99. The van der Waals surface area contributed by atoms with E-state index in [1.807, 2.05) is 0 Å². The predicted octanol–water partition coefficient (Wildman–Crippen LogP) is 1.41. The highest BCUT2D eigenvalue weighted by atomic mass is 16.6. The number of hydrogen-bond acceptors (Lipinski definition) is 10. The van der Waals surface area contributed by atoms with Crippen molar-refractivity contribution in [3.05, 3.63) is 52.6 Å². The Hall–Kier alpha value is -3.82. The van der Waals surface area contributed by atoms with Crippen LogP contribution in [-0.2, 0) is 43.5 Å². The van der Waals surface area contributed by atoms with Crippen molar-refractivity contribution in [2.75, 3.05) is 25.1 Å². The quantitative estimate of drug-likeness (QED) is 0.468. The Morgan fingerprint density at radius 2 is 1.56 bits per heavy atom. The summed E-state index contributed by atoms with van der Waals surface area (Å²) in [6.45, 7) is 4.86. The van der Waals surface area contributed by atoms with E-state index in [1.165, 1.54) is 0 Å². The molecule has 0 aromatic heterocycles. The fourth-order valence-corrected chi connectivity index (χ4v) is 3.89. The van der Waals surface area contributed by atoms with Gasteiger partial charge in [-0.25, -0.2) is 14.4 Å². The van der Waals surface area contributed by atoms with Crippen LogP contribution in [-0.4, -0.2) is 43.7 Å². The molecule has 1 spiro atoms. The number of benzene rings is 1. The van der Waals surface area contributed by atoms with Gasteiger partial charge in [-0.2, -0.15) is 0 Å².